The van der Waals surface area contributed by atoms with E-state index in [9.17, 15) is 8.42 Å². The summed E-state index contributed by atoms with van der Waals surface area (Å²) in [6.07, 6.45) is 1.50. The molecule has 0 amide bonds. The molecular formula is C14H11Cl2NO4S. The second kappa shape index (κ2) is 6.66. The minimum absolute atomic E-state index is 0.199. The molecule has 116 valence electrons. The van der Waals surface area contributed by atoms with Crippen LogP contribution in [0.3, 0.4) is 0 Å². The van der Waals surface area contributed by atoms with E-state index in [1.165, 1.54) is 37.6 Å². The molecule has 0 aliphatic heterocycles. The van der Waals surface area contributed by atoms with E-state index in [0.29, 0.717) is 27.0 Å². The van der Waals surface area contributed by atoms with Crippen molar-refractivity contribution in [1.82, 2.24) is 0 Å². The molecule has 2 aromatic rings. The van der Waals surface area contributed by atoms with Crippen LogP contribution in [0.5, 0.6) is 5.75 Å². The van der Waals surface area contributed by atoms with Crippen LogP contribution in [0, 0.1) is 0 Å². The Bertz CT molecular complexity index is 817. The topological polar surface area (TPSA) is 76.0 Å². The molecule has 0 aliphatic carbocycles. The van der Waals surface area contributed by atoms with Crippen LogP contribution in [0.2, 0.25) is 10.0 Å². The zero-order valence-corrected chi connectivity index (χ0v) is 13.7. The molecule has 0 bridgehead atoms. The lowest BCUT2D eigenvalue weighted by molar-refractivity contribution is 0.414. The molecule has 2 rings (SSSR count). The van der Waals surface area contributed by atoms with Crippen LogP contribution in [0.25, 0.3) is 0 Å². The summed E-state index contributed by atoms with van der Waals surface area (Å²) >= 11 is 12.0. The number of hydrogen-bond acceptors (Lipinski definition) is 4. The van der Waals surface area contributed by atoms with Gasteiger partial charge in [0.25, 0.3) is 10.1 Å². The Morgan fingerprint density at radius 3 is 2.36 bits per heavy atom. The van der Waals surface area contributed by atoms with E-state index in [1.807, 2.05) is 0 Å². The molecule has 2 aromatic carbocycles. The molecule has 0 fully saturated rings. The number of halogens is 2. The highest BCUT2D eigenvalue weighted by molar-refractivity contribution is 7.85. The highest BCUT2D eigenvalue weighted by atomic mass is 35.5. The van der Waals surface area contributed by atoms with E-state index in [2.05, 4.69) is 4.99 Å². The van der Waals surface area contributed by atoms with Crippen molar-refractivity contribution < 1.29 is 17.7 Å². The van der Waals surface area contributed by atoms with Gasteiger partial charge in [-0.05, 0) is 36.4 Å². The molecule has 0 unspecified atom stereocenters. The Labute approximate surface area is 137 Å². The molecule has 0 heterocycles. The summed E-state index contributed by atoms with van der Waals surface area (Å²) in [5.74, 6) is 0.435. The summed E-state index contributed by atoms with van der Waals surface area (Å²) in [6.45, 7) is 0. The fourth-order valence-corrected chi connectivity index (χ4v) is 2.81. The normalized spacial score (nSPS) is 11.8. The fraction of sp³-hybridized carbons (Fsp3) is 0.0714. The third-order valence-electron chi connectivity index (χ3n) is 2.73. The predicted molar refractivity (Wildman–Crippen MR) is 86.5 cm³/mol. The summed E-state index contributed by atoms with van der Waals surface area (Å²) in [6, 6.07) is 8.62. The molecule has 1 N–H and O–H groups in total. The van der Waals surface area contributed by atoms with Crippen molar-refractivity contribution in [3.63, 3.8) is 0 Å². The van der Waals surface area contributed by atoms with Gasteiger partial charge in [-0.3, -0.25) is 9.55 Å². The summed E-state index contributed by atoms with van der Waals surface area (Å²) < 4.78 is 36.0. The van der Waals surface area contributed by atoms with Gasteiger partial charge in [0.1, 0.15) is 5.75 Å². The van der Waals surface area contributed by atoms with Crippen molar-refractivity contribution in [1.29, 1.82) is 0 Å². The van der Waals surface area contributed by atoms with Crippen LogP contribution in [0.1, 0.15) is 5.56 Å². The Hall–Kier alpha value is -1.60. The zero-order chi connectivity index (χ0) is 16.3. The average Bonchev–Trinajstić information content (AvgIpc) is 2.44. The average molecular weight is 360 g/mol. The standard InChI is InChI=1S/C14H11Cl2NO4S/c1-21-14-9(6-10(15)7-13(14)16)8-17-11-2-4-12(5-3-11)22(18,19)20/h2-8H,1H3,(H,18,19,20). The van der Waals surface area contributed by atoms with Crippen LogP contribution in [-0.4, -0.2) is 26.3 Å². The maximum Gasteiger partial charge on any atom is 0.294 e. The van der Waals surface area contributed by atoms with Gasteiger partial charge in [0.15, 0.2) is 0 Å². The first-order chi connectivity index (χ1) is 10.3. The Kier molecular flexibility index (Phi) is 5.08. The van der Waals surface area contributed by atoms with Crippen molar-refractivity contribution in [2.24, 2.45) is 4.99 Å². The molecule has 0 aromatic heterocycles. The largest absolute Gasteiger partial charge is 0.495 e. The molecule has 8 heteroatoms. The first-order valence-corrected chi connectivity index (χ1v) is 8.15. The molecule has 0 spiro atoms. The van der Waals surface area contributed by atoms with Crippen molar-refractivity contribution in [2.75, 3.05) is 7.11 Å². The second-order valence-electron chi connectivity index (χ2n) is 4.24. The SMILES string of the molecule is COc1c(Cl)cc(Cl)cc1C=Nc1ccc(S(=O)(=O)O)cc1. The predicted octanol–water partition coefficient (Wildman–Crippen LogP) is 4.00. The number of methoxy groups -OCH3 is 1. The third kappa shape index (κ3) is 3.98. The summed E-state index contributed by atoms with van der Waals surface area (Å²) in [5, 5.41) is 0.798. The molecule has 0 saturated carbocycles. The van der Waals surface area contributed by atoms with Crippen molar-refractivity contribution >= 4 is 45.2 Å². The van der Waals surface area contributed by atoms with Crippen molar-refractivity contribution in [2.45, 2.75) is 4.90 Å². The third-order valence-corrected chi connectivity index (χ3v) is 4.10. The first-order valence-electron chi connectivity index (χ1n) is 5.96. The summed E-state index contributed by atoms with van der Waals surface area (Å²) in [5.41, 5.74) is 1.07. The minimum Gasteiger partial charge on any atom is -0.495 e. The lowest BCUT2D eigenvalue weighted by Gasteiger charge is -2.07. The molecule has 5 nitrogen and oxygen atoms in total. The fourth-order valence-electron chi connectivity index (χ4n) is 1.74. The second-order valence-corrected chi connectivity index (χ2v) is 6.50. The zero-order valence-electron chi connectivity index (χ0n) is 11.3. The van der Waals surface area contributed by atoms with Gasteiger partial charge in [-0.15, -0.1) is 0 Å². The van der Waals surface area contributed by atoms with Gasteiger partial charge < -0.3 is 4.74 Å². The number of benzene rings is 2. The Morgan fingerprint density at radius 1 is 1.18 bits per heavy atom. The Balaban J connectivity index is 2.33. The van der Waals surface area contributed by atoms with Gasteiger partial charge in [-0.2, -0.15) is 8.42 Å². The lowest BCUT2D eigenvalue weighted by Crippen LogP contribution is -1.96. The molecular weight excluding hydrogens is 349 g/mol. The number of nitrogens with zero attached hydrogens (tertiary/aromatic N) is 1. The smallest absolute Gasteiger partial charge is 0.294 e. The summed E-state index contributed by atoms with van der Waals surface area (Å²) in [4.78, 5) is 3.99. The van der Waals surface area contributed by atoms with Gasteiger partial charge in [-0.25, -0.2) is 0 Å². The van der Waals surface area contributed by atoms with E-state index < -0.39 is 10.1 Å². The molecule has 0 atom stereocenters. The maximum atomic E-state index is 11.0. The maximum absolute atomic E-state index is 11.0. The number of rotatable bonds is 4. The first kappa shape index (κ1) is 16.8. The van der Waals surface area contributed by atoms with Gasteiger partial charge >= 0.3 is 0 Å². The van der Waals surface area contributed by atoms with E-state index in [4.69, 9.17) is 32.5 Å². The van der Waals surface area contributed by atoms with Gasteiger partial charge in [-0.1, -0.05) is 23.2 Å². The van der Waals surface area contributed by atoms with Crippen LogP contribution in [0.4, 0.5) is 5.69 Å². The van der Waals surface area contributed by atoms with Crippen LogP contribution in [0.15, 0.2) is 46.3 Å². The van der Waals surface area contributed by atoms with E-state index in [0.717, 1.165) is 0 Å². The monoisotopic (exact) mass is 359 g/mol. The van der Waals surface area contributed by atoms with E-state index in [1.54, 1.807) is 12.1 Å². The number of hydrogen-bond donors (Lipinski definition) is 1. The van der Waals surface area contributed by atoms with Crippen LogP contribution >= 0.6 is 23.2 Å². The highest BCUT2D eigenvalue weighted by Gasteiger charge is 2.09. The van der Waals surface area contributed by atoms with Gasteiger partial charge in [0.2, 0.25) is 0 Å². The van der Waals surface area contributed by atoms with Gasteiger partial charge in [0.05, 0.1) is 22.7 Å². The van der Waals surface area contributed by atoms with Crippen LogP contribution < -0.4 is 4.74 Å². The summed E-state index contributed by atoms with van der Waals surface area (Å²) in [7, 11) is -2.74. The molecule has 0 saturated heterocycles. The minimum atomic E-state index is -4.22. The van der Waals surface area contributed by atoms with Crippen LogP contribution in [-0.2, 0) is 10.1 Å². The number of ether oxygens (including phenoxy) is 1. The highest BCUT2D eigenvalue weighted by Crippen LogP contribution is 2.31. The Morgan fingerprint density at radius 2 is 1.82 bits per heavy atom. The van der Waals surface area contributed by atoms with E-state index in [-0.39, 0.29) is 4.90 Å². The molecule has 0 aliphatic rings. The van der Waals surface area contributed by atoms with Gasteiger partial charge in [0, 0.05) is 16.8 Å². The van der Waals surface area contributed by atoms with Crippen molar-refractivity contribution in [3.05, 3.63) is 52.0 Å². The molecule has 0 radical (unpaired) electrons. The molecule has 22 heavy (non-hydrogen) atoms. The lowest BCUT2D eigenvalue weighted by atomic mass is 10.2. The van der Waals surface area contributed by atoms with Crippen molar-refractivity contribution in [3.8, 4) is 5.75 Å². The number of aliphatic imine (C=N–C) groups is 1. The quantitative estimate of drug-likeness (QED) is 0.661. The van der Waals surface area contributed by atoms with E-state index >= 15 is 0 Å².